The number of hydrogen-bond donors (Lipinski definition) is 2. The fourth-order valence-electron chi connectivity index (χ4n) is 2.13. The smallest absolute Gasteiger partial charge is 0.147 e. The van der Waals surface area contributed by atoms with Gasteiger partial charge in [-0.25, -0.2) is 4.39 Å². The minimum Gasteiger partial charge on any atom is -0.356 e. The summed E-state index contributed by atoms with van der Waals surface area (Å²) in [6, 6.07) is 5.23. The molecule has 1 aromatic heterocycles. The van der Waals surface area contributed by atoms with E-state index < -0.39 is 0 Å². The van der Waals surface area contributed by atoms with Crippen molar-refractivity contribution in [3.8, 4) is 0 Å². The van der Waals surface area contributed by atoms with Crippen LogP contribution in [0, 0.1) is 5.82 Å². The number of nitrogens with one attached hydrogen (secondary N) is 2. The predicted octanol–water partition coefficient (Wildman–Crippen LogP) is 1.95. The number of benzene rings is 1. The van der Waals surface area contributed by atoms with Gasteiger partial charge in [-0.1, -0.05) is 12.1 Å². The lowest BCUT2D eigenvalue weighted by Crippen LogP contribution is -2.22. The highest BCUT2D eigenvalue weighted by Crippen LogP contribution is 2.26. The second kappa shape index (κ2) is 2.82. The highest BCUT2D eigenvalue weighted by Gasteiger charge is 2.15. The van der Waals surface area contributed by atoms with Gasteiger partial charge in [0.05, 0.1) is 5.52 Å². The molecule has 0 spiro atoms. The molecule has 2 nitrogen and oxygen atoms in total. The van der Waals surface area contributed by atoms with Crippen molar-refractivity contribution in [2.45, 2.75) is 13.0 Å². The molecule has 2 heterocycles. The summed E-state index contributed by atoms with van der Waals surface area (Å²) in [7, 11) is 0. The lowest BCUT2D eigenvalue weighted by atomic mass is 10.1. The molecule has 14 heavy (non-hydrogen) atoms. The van der Waals surface area contributed by atoms with Crippen molar-refractivity contribution in [1.29, 1.82) is 0 Å². The molecule has 3 heteroatoms. The van der Waals surface area contributed by atoms with Gasteiger partial charge in [-0.3, -0.25) is 0 Å². The van der Waals surface area contributed by atoms with Crippen LogP contribution < -0.4 is 5.32 Å². The number of aromatic amines is 1. The second-order valence-corrected chi connectivity index (χ2v) is 3.67. The zero-order valence-corrected chi connectivity index (χ0v) is 7.73. The fourth-order valence-corrected chi connectivity index (χ4v) is 2.13. The van der Waals surface area contributed by atoms with Crippen molar-refractivity contribution in [2.75, 3.05) is 6.54 Å². The Labute approximate surface area is 81.1 Å². The van der Waals surface area contributed by atoms with E-state index in [0.29, 0.717) is 5.52 Å². The zero-order chi connectivity index (χ0) is 9.54. The molecule has 0 atom stereocenters. The summed E-state index contributed by atoms with van der Waals surface area (Å²) < 4.78 is 13.4. The molecule has 72 valence electrons. The first-order valence-electron chi connectivity index (χ1n) is 4.85. The molecular formula is C11H11FN2. The monoisotopic (exact) mass is 190 g/mol. The van der Waals surface area contributed by atoms with E-state index in [-0.39, 0.29) is 5.82 Å². The largest absolute Gasteiger partial charge is 0.356 e. The van der Waals surface area contributed by atoms with Crippen LogP contribution in [-0.4, -0.2) is 11.5 Å². The van der Waals surface area contributed by atoms with Gasteiger partial charge in [0, 0.05) is 30.6 Å². The molecular weight excluding hydrogens is 179 g/mol. The molecule has 1 aromatic carbocycles. The quantitative estimate of drug-likeness (QED) is 0.653. The molecule has 0 radical (unpaired) electrons. The van der Waals surface area contributed by atoms with Gasteiger partial charge in [0.25, 0.3) is 0 Å². The summed E-state index contributed by atoms with van der Waals surface area (Å²) in [5, 5.41) is 4.32. The highest BCUT2D eigenvalue weighted by atomic mass is 19.1. The van der Waals surface area contributed by atoms with Gasteiger partial charge >= 0.3 is 0 Å². The van der Waals surface area contributed by atoms with E-state index in [9.17, 15) is 4.39 Å². The Balaban J connectivity index is 2.36. The third kappa shape index (κ3) is 0.990. The molecule has 0 bridgehead atoms. The standard InChI is InChI=1S/C11H11FN2/c12-9-3-1-2-7-8-6-13-5-4-10(8)14-11(7)9/h1-3,13-14H,4-6H2. The molecule has 1 aliphatic rings. The van der Waals surface area contributed by atoms with Gasteiger partial charge < -0.3 is 10.3 Å². The molecule has 0 fully saturated rings. The first-order chi connectivity index (χ1) is 6.86. The third-order valence-corrected chi connectivity index (χ3v) is 2.83. The van der Waals surface area contributed by atoms with Crippen LogP contribution in [0.2, 0.25) is 0 Å². The van der Waals surface area contributed by atoms with Crippen molar-refractivity contribution < 1.29 is 4.39 Å². The predicted molar refractivity (Wildman–Crippen MR) is 53.7 cm³/mol. The van der Waals surface area contributed by atoms with Gasteiger partial charge in [0.15, 0.2) is 0 Å². The number of rotatable bonds is 0. The Kier molecular flexibility index (Phi) is 1.61. The van der Waals surface area contributed by atoms with E-state index in [0.717, 1.165) is 24.9 Å². The summed E-state index contributed by atoms with van der Waals surface area (Å²) >= 11 is 0. The Hall–Kier alpha value is -1.35. The number of para-hydroxylation sites is 1. The Morgan fingerprint density at radius 3 is 3.14 bits per heavy atom. The van der Waals surface area contributed by atoms with E-state index in [1.54, 1.807) is 6.07 Å². The number of hydrogen-bond acceptors (Lipinski definition) is 1. The summed E-state index contributed by atoms with van der Waals surface area (Å²) in [6.07, 6.45) is 0.962. The van der Waals surface area contributed by atoms with Gasteiger partial charge in [0.2, 0.25) is 0 Å². The average molecular weight is 190 g/mol. The minimum atomic E-state index is -0.156. The molecule has 0 amide bonds. The summed E-state index contributed by atoms with van der Waals surface area (Å²) in [6.45, 7) is 1.82. The molecule has 0 saturated carbocycles. The number of aromatic nitrogens is 1. The molecule has 0 saturated heterocycles. The zero-order valence-electron chi connectivity index (χ0n) is 7.73. The normalized spacial score (nSPS) is 15.8. The third-order valence-electron chi connectivity index (χ3n) is 2.83. The summed E-state index contributed by atoms with van der Waals surface area (Å²) in [5.41, 5.74) is 3.07. The van der Waals surface area contributed by atoms with Gasteiger partial charge in [0.1, 0.15) is 5.82 Å². The number of fused-ring (bicyclic) bond motifs is 3. The average Bonchev–Trinajstić information content (AvgIpc) is 2.59. The van der Waals surface area contributed by atoms with Gasteiger partial charge in [-0.2, -0.15) is 0 Å². The van der Waals surface area contributed by atoms with Crippen LogP contribution in [0.25, 0.3) is 10.9 Å². The summed E-state index contributed by atoms with van der Waals surface area (Å²) in [5.74, 6) is -0.156. The van der Waals surface area contributed by atoms with E-state index in [1.807, 2.05) is 6.07 Å². The lowest BCUT2D eigenvalue weighted by molar-refractivity contribution is 0.633. The van der Waals surface area contributed by atoms with Crippen molar-refractivity contribution in [3.05, 3.63) is 35.3 Å². The highest BCUT2D eigenvalue weighted by molar-refractivity contribution is 5.85. The molecule has 1 aliphatic heterocycles. The minimum absolute atomic E-state index is 0.156. The lowest BCUT2D eigenvalue weighted by Gasteiger charge is -2.12. The molecule has 0 aliphatic carbocycles. The Bertz CT molecular complexity index is 487. The molecule has 2 N–H and O–H groups in total. The Morgan fingerprint density at radius 1 is 1.29 bits per heavy atom. The van der Waals surface area contributed by atoms with Crippen LogP contribution in [0.5, 0.6) is 0 Å². The number of halogens is 1. The van der Waals surface area contributed by atoms with E-state index in [1.165, 1.54) is 17.3 Å². The van der Waals surface area contributed by atoms with Crippen molar-refractivity contribution in [3.63, 3.8) is 0 Å². The maximum absolute atomic E-state index is 13.4. The van der Waals surface area contributed by atoms with Gasteiger partial charge in [-0.15, -0.1) is 0 Å². The van der Waals surface area contributed by atoms with Crippen LogP contribution >= 0.6 is 0 Å². The van der Waals surface area contributed by atoms with E-state index in [2.05, 4.69) is 10.3 Å². The maximum Gasteiger partial charge on any atom is 0.147 e. The Morgan fingerprint density at radius 2 is 2.21 bits per heavy atom. The van der Waals surface area contributed by atoms with Crippen LogP contribution in [-0.2, 0) is 13.0 Å². The van der Waals surface area contributed by atoms with Crippen LogP contribution in [0.15, 0.2) is 18.2 Å². The van der Waals surface area contributed by atoms with Crippen molar-refractivity contribution in [2.24, 2.45) is 0 Å². The molecule has 0 unspecified atom stereocenters. The van der Waals surface area contributed by atoms with E-state index in [4.69, 9.17) is 0 Å². The van der Waals surface area contributed by atoms with Crippen LogP contribution in [0.4, 0.5) is 4.39 Å². The number of H-pyrrole nitrogens is 1. The maximum atomic E-state index is 13.4. The topological polar surface area (TPSA) is 27.8 Å². The first kappa shape index (κ1) is 8.00. The fraction of sp³-hybridized carbons (Fsp3) is 0.273. The molecule has 2 aromatic rings. The molecule has 3 rings (SSSR count). The second-order valence-electron chi connectivity index (χ2n) is 3.67. The van der Waals surface area contributed by atoms with E-state index >= 15 is 0 Å². The van der Waals surface area contributed by atoms with Crippen molar-refractivity contribution in [1.82, 2.24) is 10.3 Å². The van der Waals surface area contributed by atoms with Gasteiger partial charge in [-0.05, 0) is 11.6 Å². The first-order valence-corrected chi connectivity index (χ1v) is 4.85. The SMILES string of the molecule is Fc1cccc2c3c([nH]c12)CCNC3. The van der Waals surface area contributed by atoms with Crippen LogP contribution in [0.3, 0.4) is 0 Å². The van der Waals surface area contributed by atoms with Crippen molar-refractivity contribution >= 4 is 10.9 Å². The van der Waals surface area contributed by atoms with Crippen LogP contribution in [0.1, 0.15) is 11.3 Å². The summed E-state index contributed by atoms with van der Waals surface area (Å²) in [4.78, 5) is 3.17.